The van der Waals surface area contributed by atoms with Crippen LogP contribution in [0.15, 0.2) is 6.07 Å². The number of aryl methyl sites for hydroxylation is 3. The van der Waals surface area contributed by atoms with Gasteiger partial charge in [-0.2, -0.15) is 5.10 Å². The predicted octanol–water partition coefficient (Wildman–Crippen LogP) is 2.27. The summed E-state index contributed by atoms with van der Waals surface area (Å²) in [5.74, 6) is 0. The van der Waals surface area contributed by atoms with E-state index in [-0.39, 0.29) is 0 Å². The molecule has 0 aromatic carbocycles. The number of nitrogens with two attached hydrogens (primary N) is 1. The summed E-state index contributed by atoms with van der Waals surface area (Å²) in [5, 5.41) is 4.43. The molecule has 0 aliphatic rings. The van der Waals surface area contributed by atoms with Crippen LogP contribution in [0.4, 0.5) is 0 Å². The van der Waals surface area contributed by atoms with E-state index in [0.717, 1.165) is 31.5 Å². The van der Waals surface area contributed by atoms with Crippen molar-refractivity contribution in [1.82, 2.24) is 9.78 Å². The van der Waals surface area contributed by atoms with Gasteiger partial charge >= 0.3 is 0 Å². The lowest BCUT2D eigenvalue weighted by Gasteiger charge is -2.10. The summed E-state index contributed by atoms with van der Waals surface area (Å²) in [6.07, 6.45) is 4.42. The molecule has 1 atom stereocenters. The van der Waals surface area contributed by atoms with Gasteiger partial charge in [-0.05, 0) is 39.2 Å². The molecular formula is C12H23N3. The van der Waals surface area contributed by atoms with E-state index in [2.05, 4.69) is 29.7 Å². The van der Waals surface area contributed by atoms with Gasteiger partial charge in [0.25, 0.3) is 0 Å². The third-order valence-corrected chi connectivity index (χ3v) is 2.72. The molecule has 0 aliphatic carbocycles. The molecular weight excluding hydrogens is 186 g/mol. The summed E-state index contributed by atoms with van der Waals surface area (Å²) in [5.41, 5.74) is 8.43. The highest BCUT2D eigenvalue weighted by molar-refractivity contribution is 5.09. The van der Waals surface area contributed by atoms with Gasteiger partial charge in [-0.15, -0.1) is 0 Å². The van der Waals surface area contributed by atoms with Gasteiger partial charge in [0.05, 0.1) is 5.69 Å². The molecule has 0 fully saturated rings. The molecule has 1 rings (SSSR count). The zero-order valence-corrected chi connectivity index (χ0v) is 10.2. The van der Waals surface area contributed by atoms with Gasteiger partial charge in [-0.3, -0.25) is 4.68 Å². The van der Waals surface area contributed by atoms with E-state index in [1.54, 1.807) is 0 Å². The molecule has 0 spiro atoms. The molecule has 15 heavy (non-hydrogen) atoms. The predicted molar refractivity (Wildman–Crippen MR) is 63.8 cm³/mol. The van der Waals surface area contributed by atoms with Crippen LogP contribution in [0.3, 0.4) is 0 Å². The molecule has 1 aromatic heterocycles. The summed E-state index contributed by atoms with van der Waals surface area (Å²) in [6, 6.07) is 2.51. The van der Waals surface area contributed by atoms with E-state index in [9.17, 15) is 0 Å². The van der Waals surface area contributed by atoms with Crippen molar-refractivity contribution in [2.24, 2.45) is 5.73 Å². The van der Waals surface area contributed by atoms with Crippen molar-refractivity contribution in [3.8, 4) is 0 Å². The van der Waals surface area contributed by atoms with Crippen molar-refractivity contribution >= 4 is 0 Å². The van der Waals surface area contributed by atoms with E-state index in [0.29, 0.717) is 6.04 Å². The van der Waals surface area contributed by atoms with Crippen LogP contribution in [0.2, 0.25) is 0 Å². The molecule has 1 aromatic rings. The molecule has 3 heteroatoms. The Kier molecular flexibility index (Phi) is 4.82. The van der Waals surface area contributed by atoms with Crippen LogP contribution in [0.5, 0.6) is 0 Å². The molecule has 86 valence electrons. The second kappa shape index (κ2) is 5.91. The highest BCUT2D eigenvalue weighted by Crippen LogP contribution is 2.09. The lowest BCUT2D eigenvalue weighted by atomic mass is 10.1. The first-order valence-electron chi connectivity index (χ1n) is 5.96. The van der Waals surface area contributed by atoms with E-state index in [1.165, 1.54) is 12.1 Å². The van der Waals surface area contributed by atoms with Crippen LogP contribution in [-0.2, 0) is 13.0 Å². The average Bonchev–Trinajstić information content (AvgIpc) is 2.56. The Labute approximate surface area is 92.7 Å². The van der Waals surface area contributed by atoms with Crippen LogP contribution in [0, 0.1) is 6.92 Å². The third-order valence-electron chi connectivity index (χ3n) is 2.72. The van der Waals surface area contributed by atoms with E-state index in [4.69, 9.17) is 5.73 Å². The van der Waals surface area contributed by atoms with Gasteiger partial charge in [0, 0.05) is 18.3 Å². The Balaban J connectivity index is 2.49. The van der Waals surface area contributed by atoms with Gasteiger partial charge in [-0.25, -0.2) is 0 Å². The SMILES string of the molecule is CCCC(N)CCc1cc(C)nn1CC. The van der Waals surface area contributed by atoms with E-state index in [1.807, 2.05) is 6.92 Å². The maximum Gasteiger partial charge on any atom is 0.0596 e. The summed E-state index contributed by atoms with van der Waals surface area (Å²) in [7, 11) is 0. The van der Waals surface area contributed by atoms with Crippen LogP contribution in [-0.4, -0.2) is 15.8 Å². The van der Waals surface area contributed by atoms with E-state index < -0.39 is 0 Å². The molecule has 0 radical (unpaired) electrons. The Morgan fingerprint density at radius 2 is 2.13 bits per heavy atom. The fourth-order valence-electron chi connectivity index (χ4n) is 1.92. The van der Waals surface area contributed by atoms with Crippen molar-refractivity contribution in [2.45, 2.75) is 59.0 Å². The van der Waals surface area contributed by atoms with Crippen LogP contribution >= 0.6 is 0 Å². The number of rotatable bonds is 6. The Morgan fingerprint density at radius 1 is 1.40 bits per heavy atom. The minimum absolute atomic E-state index is 0.343. The quantitative estimate of drug-likeness (QED) is 0.781. The highest BCUT2D eigenvalue weighted by atomic mass is 15.3. The standard InChI is InChI=1S/C12H23N3/c1-4-6-11(13)7-8-12-9-10(3)14-15(12)5-2/h9,11H,4-8,13H2,1-3H3. The zero-order valence-electron chi connectivity index (χ0n) is 10.2. The van der Waals surface area contributed by atoms with Gasteiger partial charge < -0.3 is 5.73 Å². The first-order valence-corrected chi connectivity index (χ1v) is 5.96. The second-order valence-electron chi connectivity index (χ2n) is 4.18. The van der Waals surface area contributed by atoms with Gasteiger partial charge in [0.1, 0.15) is 0 Å². The van der Waals surface area contributed by atoms with Crippen molar-refractivity contribution in [1.29, 1.82) is 0 Å². The maximum absolute atomic E-state index is 6.00. The second-order valence-corrected chi connectivity index (χ2v) is 4.18. The molecule has 0 amide bonds. The smallest absolute Gasteiger partial charge is 0.0596 e. The van der Waals surface area contributed by atoms with Gasteiger partial charge in [-0.1, -0.05) is 13.3 Å². The highest BCUT2D eigenvalue weighted by Gasteiger charge is 2.06. The molecule has 1 heterocycles. The summed E-state index contributed by atoms with van der Waals surface area (Å²) < 4.78 is 2.08. The van der Waals surface area contributed by atoms with Crippen molar-refractivity contribution in [2.75, 3.05) is 0 Å². The number of aromatic nitrogens is 2. The van der Waals surface area contributed by atoms with Gasteiger partial charge in [0.15, 0.2) is 0 Å². The molecule has 0 bridgehead atoms. The van der Waals surface area contributed by atoms with Crippen LogP contribution in [0.25, 0.3) is 0 Å². The maximum atomic E-state index is 6.00. The first kappa shape index (κ1) is 12.2. The summed E-state index contributed by atoms with van der Waals surface area (Å²) in [4.78, 5) is 0. The molecule has 0 saturated carbocycles. The lowest BCUT2D eigenvalue weighted by Crippen LogP contribution is -2.20. The molecule has 3 nitrogen and oxygen atoms in total. The summed E-state index contributed by atoms with van der Waals surface area (Å²) in [6.45, 7) is 7.30. The fraction of sp³-hybridized carbons (Fsp3) is 0.750. The van der Waals surface area contributed by atoms with E-state index >= 15 is 0 Å². The Morgan fingerprint density at radius 3 is 2.73 bits per heavy atom. The number of nitrogens with zero attached hydrogens (tertiary/aromatic N) is 2. The van der Waals surface area contributed by atoms with Crippen molar-refractivity contribution < 1.29 is 0 Å². The van der Waals surface area contributed by atoms with Gasteiger partial charge in [0.2, 0.25) is 0 Å². The average molecular weight is 209 g/mol. The van der Waals surface area contributed by atoms with Crippen molar-refractivity contribution in [3.05, 3.63) is 17.5 Å². The monoisotopic (exact) mass is 209 g/mol. The zero-order chi connectivity index (χ0) is 11.3. The number of hydrogen-bond donors (Lipinski definition) is 1. The van der Waals surface area contributed by atoms with Crippen molar-refractivity contribution in [3.63, 3.8) is 0 Å². The lowest BCUT2D eigenvalue weighted by molar-refractivity contribution is 0.536. The minimum atomic E-state index is 0.343. The Bertz CT molecular complexity index is 291. The fourth-order valence-corrected chi connectivity index (χ4v) is 1.92. The van der Waals surface area contributed by atoms with Crippen LogP contribution < -0.4 is 5.73 Å². The Hall–Kier alpha value is -0.830. The molecule has 0 saturated heterocycles. The largest absolute Gasteiger partial charge is 0.328 e. The van der Waals surface area contributed by atoms with Crippen LogP contribution in [0.1, 0.15) is 44.5 Å². The summed E-state index contributed by atoms with van der Waals surface area (Å²) >= 11 is 0. The number of hydrogen-bond acceptors (Lipinski definition) is 2. The molecule has 1 unspecified atom stereocenters. The minimum Gasteiger partial charge on any atom is -0.328 e. The normalized spacial score (nSPS) is 13.1. The third kappa shape index (κ3) is 3.67. The molecule has 2 N–H and O–H groups in total. The topological polar surface area (TPSA) is 43.8 Å². The molecule has 0 aliphatic heterocycles. The first-order chi connectivity index (χ1) is 7.17.